The number of hydrogen-bond donors (Lipinski definition) is 0. The van der Waals surface area contributed by atoms with E-state index in [0.29, 0.717) is 7.11 Å². The second-order valence-corrected chi connectivity index (χ2v) is 8.77. The molecule has 0 heterocycles. The first-order chi connectivity index (χ1) is 20.5. The molecule has 5 rings (SSSR count). The Labute approximate surface area is 231 Å². The Morgan fingerprint density at radius 1 is 0.318 bits per heavy atom. The maximum absolute atomic E-state index is 15.4. The van der Waals surface area contributed by atoms with Crippen molar-refractivity contribution in [1.82, 2.24) is 0 Å². The zero-order valence-corrected chi connectivity index (χ0v) is 20.5. The smallest absolute Gasteiger partial charge is 0.204 e. The molecule has 0 unspecified atom stereocenters. The van der Waals surface area contributed by atoms with E-state index in [0.717, 1.165) is 0 Å². The summed E-state index contributed by atoms with van der Waals surface area (Å²) >= 11 is 0. The summed E-state index contributed by atoms with van der Waals surface area (Å²) in [7, 11) is 0.460. The lowest BCUT2D eigenvalue weighted by Gasteiger charge is -2.22. The van der Waals surface area contributed by atoms with Crippen LogP contribution in [0.5, 0.6) is 5.75 Å². The molecule has 0 N–H and O–H groups in total. The van der Waals surface area contributed by atoms with Crippen LogP contribution in [0.2, 0.25) is 0 Å². The summed E-state index contributed by atoms with van der Waals surface area (Å²) in [5, 5.41) is -9.32. The number of ether oxygens (including phenoxy) is 1. The van der Waals surface area contributed by atoms with Gasteiger partial charge in [-0.1, -0.05) is 0 Å². The molecular formula is C27H4F16O. The molecule has 17 heteroatoms. The van der Waals surface area contributed by atoms with E-state index in [1.54, 1.807) is 0 Å². The molecule has 1 nitrogen and oxygen atoms in total. The third kappa shape index (κ3) is 3.83. The van der Waals surface area contributed by atoms with Gasteiger partial charge in [0.1, 0.15) is 0 Å². The molecule has 0 fully saturated rings. The number of halogens is 16. The van der Waals surface area contributed by atoms with Crippen molar-refractivity contribution in [2.24, 2.45) is 0 Å². The Morgan fingerprint density at radius 3 is 0.864 bits per heavy atom. The maximum Gasteiger partial charge on any atom is 0.204 e. The molecule has 0 bridgehead atoms. The third-order valence-electron chi connectivity index (χ3n) is 6.57. The van der Waals surface area contributed by atoms with Crippen molar-refractivity contribution in [3.63, 3.8) is 0 Å². The summed E-state index contributed by atoms with van der Waals surface area (Å²) < 4.78 is 242. The summed E-state index contributed by atoms with van der Waals surface area (Å²) in [6, 6.07) is -0.505. The summed E-state index contributed by atoms with van der Waals surface area (Å²) in [5.41, 5.74) is -9.43. The average molecular weight is 648 g/mol. The largest absolute Gasteiger partial charge is 0.491 e. The topological polar surface area (TPSA) is 9.23 Å². The molecule has 0 saturated carbocycles. The van der Waals surface area contributed by atoms with Gasteiger partial charge in [-0.2, -0.15) is 8.78 Å². The van der Waals surface area contributed by atoms with Crippen molar-refractivity contribution in [1.29, 1.82) is 0 Å². The van der Waals surface area contributed by atoms with Crippen LogP contribution in [0, 0.1) is 93.1 Å². The fourth-order valence-corrected chi connectivity index (χ4v) is 4.76. The second-order valence-electron chi connectivity index (χ2n) is 8.77. The molecule has 5 aromatic carbocycles. The molecule has 0 radical (unpaired) electrons. The number of rotatable bonds is 3. The molecule has 0 spiro atoms. The number of fused-ring (bicyclic) bond motifs is 2. The molecule has 230 valence electrons. The van der Waals surface area contributed by atoms with E-state index in [4.69, 9.17) is 0 Å². The van der Waals surface area contributed by atoms with Gasteiger partial charge in [0.25, 0.3) is 0 Å². The van der Waals surface area contributed by atoms with Gasteiger partial charge in [-0.25, -0.2) is 61.5 Å². The minimum absolute atomic E-state index is 0.460. The Morgan fingerprint density at radius 2 is 0.591 bits per heavy atom. The summed E-state index contributed by atoms with van der Waals surface area (Å²) in [5.74, 6) is -46.1. The quantitative estimate of drug-likeness (QED) is 0.0820. The van der Waals surface area contributed by atoms with Crippen LogP contribution >= 0.6 is 0 Å². The first-order valence-corrected chi connectivity index (χ1v) is 11.2. The van der Waals surface area contributed by atoms with E-state index in [1.807, 2.05) is 0 Å². The second kappa shape index (κ2) is 10.2. The van der Waals surface area contributed by atoms with E-state index in [2.05, 4.69) is 4.74 Å². The van der Waals surface area contributed by atoms with Gasteiger partial charge in [0, 0.05) is 38.7 Å². The van der Waals surface area contributed by atoms with Crippen molar-refractivity contribution in [2.75, 3.05) is 7.11 Å². The monoisotopic (exact) mass is 648 g/mol. The van der Waals surface area contributed by atoms with Crippen LogP contribution in [0.3, 0.4) is 0 Å². The van der Waals surface area contributed by atoms with Crippen molar-refractivity contribution < 1.29 is 75.0 Å². The highest BCUT2D eigenvalue weighted by atomic mass is 19.2. The van der Waals surface area contributed by atoms with Gasteiger partial charge in [-0.15, -0.1) is 0 Å². The maximum atomic E-state index is 15.4. The van der Waals surface area contributed by atoms with Crippen LogP contribution in [-0.4, -0.2) is 7.11 Å². The van der Waals surface area contributed by atoms with E-state index in [9.17, 15) is 43.9 Å². The average Bonchev–Trinajstić information content (AvgIpc) is 2.98. The van der Waals surface area contributed by atoms with Crippen LogP contribution in [0.1, 0.15) is 0 Å². The van der Waals surface area contributed by atoms with Crippen molar-refractivity contribution >= 4 is 21.5 Å². The number of hydrogen-bond acceptors (Lipinski definition) is 1. The van der Waals surface area contributed by atoms with Crippen LogP contribution in [0.25, 0.3) is 43.8 Å². The van der Waals surface area contributed by atoms with E-state index >= 15 is 26.3 Å². The lowest BCUT2D eigenvalue weighted by Crippen LogP contribution is -2.11. The highest BCUT2D eigenvalue weighted by Gasteiger charge is 2.39. The highest BCUT2D eigenvalue weighted by Crippen LogP contribution is 2.52. The first kappa shape index (κ1) is 30.7. The van der Waals surface area contributed by atoms with Gasteiger partial charge in [0.2, 0.25) is 11.6 Å². The molecular weight excluding hydrogens is 644 g/mol. The van der Waals surface area contributed by atoms with Crippen LogP contribution in [-0.2, 0) is 0 Å². The standard InChI is InChI=1S/C27H4F16O/c1-44-27-25(42)19(36)12(20(37)26(27)43)6-9-7(15(32)21(38)23(40)17(9)34)5(11-13(30)3(28)2-4(29)14(11)31)8-10(6)18(35)24(41)22(39)16(8)33/h2H,1H3. The number of methoxy groups -OCH3 is 1. The van der Waals surface area contributed by atoms with E-state index in [1.165, 1.54) is 0 Å². The molecule has 0 amide bonds. The van der Waals surface area contributed by atoms with Crippen LogP contribution in [0.4, 0.5) is 70.2 Å². The van der Waals surface area contributed by atoms with Gasteiger partial charge < -0.3 is 4.74 Å². The highest BCUT2D eigenvalue weighted by molar-refractivity contribution is 6.22. The van der Waals surface area contributed by atoms with Gasteiger partial charge >= 0.3 is 0 Å². The van der Waals surface area contributed by atoms with Gasteiger partial charge in [0.15, 0.2) is 87.2 Å². The van der Waals surface area contributed by atoms with Gasteiger partial charge in [0.05, 0.1) is 18.2 Å². The molecule has 0 aliphatic heterocycles. The normalized spacial score (nSPS) is 11.8. The lowest BCUT2D eigenvalue weighted by atomic mass is 9.83. The van der Waals surface area contributed by atoms with Crippen LogP contribution in [0.15, 0.2) is 6.07 Å². The SMILES string of the molecule is COc1c(F)c(F)c(-c2c3c(F)c(F)c(F)c(F)c3c(-c3c(F)c(F)cc(F)c3F)c3c(F)c(F)c(F)c(F)c23)c(F)c1F. The van der Waals surface area contributed by atoms with Crippen molar-refractivity contribution in [3.05, 3.63) is 99.1 Å². The summed E-state index contributed by atoms with van der Waals surface area (Å²) in [6.45, 7) is 0. The first-order valence-electron chi connectivity index (χ1n) is 11.2. The predicted octanol–water partition coefficient (Wildman–Crippen LogP) is 9.56. The summed E-state index contributed by atoms with van der Waals surface area (Å²) in [4.78, 5) is 0. The van der Waals surface area contributed by atoms with Gasteiger partial charge in [-0.3, -0.25) is 0 Å². The molecule has 0 aliphatic rings. The lowest BCUT2D eigenvalue weighted by molar-refractivity contribution is 0.334. The minimum atomic E-state index is -2.97. The predicted molar refractivity (Wildman–Crippen MR) is 118 cm³/mol. The zero-order valence-electron chi connectivity index (χ0n) is 20.5. The Bertz CT molecular complexity index is 1990. The molecule has 44 heavy (non-hydrogen) atoms. The molecule has 0 saturated heterocycles. The Balaban J connectivity index is 2.33. The Hall–Kier alpha value is -4.70. The fourth-order valence-electron chi connectivity index (χ4n) is 4.76. The Kier molecular flexibility index (Phi) is 7.12. The van der Waals surface area contributed by atoms with E-state index in [-0.39, 0.29) is 0 Å². The van der Waals surface area contributed by atoms with Crippen LogP contribution < -0.4 is 4.74 Å². The molecule has 0 atom stereocenters. The third-order valence-corrected chi connectivity index (χ3v) is 6.57. The number of benzene rings is 5. The molecule has 5 aromatic rings. The van der Waals surface area contributed by atoms with Crippen molar-refractivity contribution in [2.45, 2.75) is 0 Å². The van der Waals surface area contributed by atoms with E-state index < -0.39 is 149 Å². The van der Waals surface area contributed by atoms with Gasteiger partial charge in [-0.05, 0) is 0 Å². The molecule has 0 aromatic heterocycles. The zero-order chi connectivity index (χ0) is 32.8. The molecule has 0 aliphatic carbocycles. The van der Waals surface area contributed by atoms with Crippen molar-refractivity contribution in [3.8, 4) is 28.0 Å². The fraction of sp³-hybridized carbons (Fsp3) is 0.0370. The summed E-state index contributed by atoms with van der Waals surface area (Å²) in [6.07, 6.45) is 0. The minimum Gasteiger partial charge on any atom is -0.491 e.